The van der Waals surface area contributed by atoms with Crippen LogP contribution in [0.1, 0.15) is 65.0 Å². The zero-order chi connectivity index (χ0) is 30.4. The molecule has 220 valence electrons. The van der Waals surface area contributed by atoms with Crippen molar-refractivity contribution in [1.29, 1.82) is 0 Å². The SMILES string of the molecule is CC[C@H](C(=O)NC(C)(C)C)N(Cc1ccc(Cl)cc1)C(=O)CN(c1ccc(C(C)C)cc1)S(=O)(=O)c1ccccc1. The van der Waals surface area contributed by atoms with Crippen molar-refractivity contribution in [2.45, 2.75) is 76.9 Å². The Kier molecular flexibility index (Phi) is 10.6. The minimum atomic E-state index is -4.11. The number of benzene rings is 3. The summed E-state index contributed by atoms with van der Waals surface area (Å²) in [5, 5.41) is 3.52. The van der Waals surface area contributed by atoms with Crippen LogP contribution in [-0.2, 0) is 26.2 Å². The molecule has 0 saturated carbocycles. The maximum absolute atomic E-state index is 14.1. The van der Waals surface area contributed by atoms with E-state index in [9.17, 15) is 18.0 Å². The van der Waals surface area contributed by atoms with Crippen LogP contribution in [0.15, 0.2) is 83.8 Å². The van der Waals surface area contributed by atoms with E-state index in [0.717, 1.165) is 15.4 Å². The molecule has 0 aliphatic rings. The average Bonchev–Trinajstić information content (AvgIpc) is 2.92. The molecule has 2 amide bonds. The molecule has 9 heteroatoms. The third-order valence-corrected chi connectivity index (χ3v) is 8.65. The third kappa shape index (κ3) is 8.57. The normalized spacial score (nSPS) is 12.6. The Bertz CT molecular complexity index is 1420. The Hall–Kier alpha value is -3.36. The molecule has 0 saturated heterocycles. The second kappa shape index (κ2) is 13.5. The van der Waals surface area contributed by atoms with E-state index < -0.39 is 34.1 Å². The van der Waals surface area contributed by atoms with Crippen LogP contribution in [0.25, 0.3) is 0 Å². The lowest BCUT2D eigenvalue weighted by molar-refractivity contribution is -0.141. The summed E-state index contributed by atoms with van der Waals surface area (Å²) in [7, 11) is -4.11. The molecule has 41 heavy (non-hydrogen) atoms. The maximum Gasteiger partial charge on any atom is 0.264 e. The van der Waals surface area contributed by atoms with Crippen LogP contribution in [0.5, 0.6) is 0 Å². The van der Waals surface area contributed by atoms with Gasteiger partial charge in [0, 0.05) is 17.1 Å². The molecular formula is C32H40ClN3O4S. The molecule has 1 N–H and O–H groups in total. The van der Waals surface area contributed by atoms with Gasteiger partial charge in [-0.25, -0.2) is 8.42 Å². The van der Waals surface area contributed by atoms with E-state index in [1.165, 1.54) is 17.0 Å². The minimum Gasteiger partial charge on any atom is -0.350 e. The lowest BCUT2D eigenvalue weighted by Crippen LogP contribution is -2.55. The zero-order valence-corrected chi connectivity index (χ0v) is 26.2. The second-order valence-corrected chi connectivity index (χ2v) is 13.7. The van der Waals surface area contributed by atoms with Crippen LogP contribution < -0.4 is 9.62 Å². The minimum absolute atomic E-state index is 0.0718. The molecule has 7 nitrogen and oxygen atoms in total. The largest absolute Gasteiger partial charge is 0.350 e. The molecule has 0 unspecified atom stereocenters. The molecule has 3 aromatic rings. The summed E-state index contributed by atoms with van der Waals surface area (Å²) in [5.41, 5.74) is 1.67. The molecule has 0 fully saturated rings. The molecule has 1 atom stereocenters. The van der Waals surface area contributed by atoms with Gasteiger partial charge in [0.1, 0.15) is 12.6 Å². The fraction of sp³-hybridized carbons (Fsp3) is 0.375. The standard InChI is InChI=1S/C32H40ClN3O4S/c1-7-29(31(38)34-32(4,5)6)35(21-24-13-17-26(33)18-14-24)30(37)22-36(27-19-15-25(16-20-27)23(2)3)41(39,40)28-11-9-8-10-12-28/h8-20,23,29H,7,21-22H2,1-6H3,(H,34,38)/t29-/m1/s1. The first-order valence-electron chi connectivity index (χ1n) is 13.8. The molecule has 0 heterocycles. The van der Waals surface area contributed by atoms with Gasteiger partial charge in [0.15, 0.2) is 0 Å². The van der Waals surface area contributed by atoms with Crippen molar-refractivity contribution in [2.24, 2.45) is 0 Å². The Balaban J connectivity index is 2.07. The Morgan fingerprint density at radius 2 is 1.49 bits per heavy atom. The van der Waals surface area contributed by atoms with E-state index in [-0.39, 0.29) is 23.3 Å². The molecule has 3 rings (SSSR count). The summed E-state index contributed by atoms with van der Waals surface area (Å²) in [6, 6.07) is 21.4. The van der Waals surface area contributed by atoms with Gasteiger partial charge >= 0.3 is 0 Å². The van der Waals surface area contributed by atoms with Crippen LogP contribution in [0, 0.1) is 0 Å². The number of rotatable bonds is 11. The number of amides is 2. The van der Waals surface area contributed by atoms with Crippen molar-refractivity contribution in [2.75, 3.05) is 10.8 Å². The number of hydrogen-bond acceptors (Lipinski definition) is 4. The number of sulfonamides is 1. The highest BCUT2D eigenvalue weighted by atomic mass is 35.5. The summed E-state index contributed by atoms with van der Waals surface area (Å²) in [6.45, 7) is 11.2. The van der Waals surface area contributed by atoms with Crippen molar-refractivity contribution < 1.29 is 18.0 Å². The summed E-state index contributed by atoms with van der Waals surface area (Å²) in [6.07, 6.45) is 0.343. The average molecular weight is 598 g/mol. The Labute approximate surface area is 249 Å². The fourth-order valence-corrected chi connectivity index (χ4v) is 5.99. The molecule has 0 aliphatic heterocycles. The van der Waals surface area contributed by atoms with Gasteiger partial charge < -0.3 is 10.2 Å². The van der Waals surface area contributed by atoms with E-state index in [1.54, 1.807) is 54.6 Å². The highest BCUT2D eigenvalue weighted by Crippen LogP contribution is 2.27. The van der Waals surface area contributed by atoms with Gasteiger partial charge in [0.25, 0.3) is 10.0 Å². The summed E-state index contributed by atoms with van der Waals surface area (Å²) in [5.74, 6) is -0.546. The van der Waals surface area contributed by atoms with Gasteiger partial charge in [-0.1, -0.05) is 74.8 Å². The number of halogens is 1. The molecule has 3 aromatic carbocycles. The first-order valence-corrected chi connectivity index (χ1v) is 15.6. The lowest BCUT2D eigenvalue weighted by atomic mass is 10.0. The number of anilines is 1. The first-order chi connectivity index (χ1) is 19.2. The Morgan fingerprint density at radius 1 is 0.902 bits per heavy atom. The molecule has 0 aliphatic carbocycles. The van der Waals surface area contributed by atoms with Crippen LogP contribution >= 0.6 is 11.6 Å². The molecule has 0 bridgehead atoms. The van der Waals surface area contributed by atoms with Crippen LogP contribution in [0.2, 0.25) is 5.02 Å². The van der Waals surface area contributed by atoms with Gasteiger partial charge in [-0.2, -0.15) is 0 Å². The fourth-order valence-electron chi connectivity index (χ4n) is 4.43. The number of nitrogens with zero attached hydrogens (tertiary/aromatic N) is 2. The Morgan fingerprint density at radius 3 is 2.00 bits per heavy atom. The number of carbonyl (C=O) groups excluding carboxylic acids is 2. The van der Waals surface area contributed by atoms with Gasteiger partial charge in [0.05, 0.1) is 10.6 Å². The smallest absolute Gasteiger partial charge is 0.264 e. The van der Waals surface area contributed by atoms with Gasteiger partial charge in [0.2, 0.25) is 11.8 Å². The van der Waals surface area contributed by atoms with Gasteiger partial charge in [-0.3, -0.25) is 13.9 Å². The maximum atomic E-state index is 14.1. The quantitative estimate of drug-likeness (QED) is 0.278. The molecular weight excluding hydrogens is 558 g/mol. The zero-order valence-electron chi connectivity index (χ0n) is 24.6. The van der Waals surface area contributed by atoms with Crippen LogP contribution in [0.3, 0.4) is 0 Å². The number of carbonyl (C=O) groups is 2. The molecule has 0 spiro atoms. The van der Waals surface area contributed by atoms with Crippen LogP contribution in [0.4, 0.5) is 5.69 Å². The number of nitrogens with one attached hydrogen (secondary N) is 1. The monoisotopic (exact) mass is 597 g/mol. The summed E-state index contributed by atoms with van der Waals surface area (Å²) in [4.78, 5) is 29.1. The van der Waals surface area contributed by atoms with Gasteiger partial charge in [-0.15, -0.1) is 0 Å². The molecule has 0 aromatic heterocycles. The highest BCUT2D eigenvalue weighted by molar-refractivity contribution is 7.92. The van der Waals surface area contributed by atoms with E-state index >= 15 is 0 Å². The number of hydrogen-bond donors (Lipinski definition) is 1. The molecule has 0 radical (unpaired) electrons. The lowest BCUT2D eigenvalue weighted by Gasteiger charge is -2.34. The predicted molar refractivity (Wildman–Crippen MR) is 165 cm³/mol. The second-order valence-electron chi connectivity index (χ2n) is 11.4. The van der Waals surface area contributed by atoms with E-state index in [1.807, 2.05) is 39.8 Å². The van der Waals surface area contributed by atoms with Crippen molar-refractivity contribution >= 4 is 39.1 Å². The van der Waals surface area contributed by atoms with E-state index in [4.69, 9.17) is 11.6 Å². The van der Waals surface area contributed by atoms with Crippen molar-refractivity contribution in [3.8, 4) is 0 Å². The van der Waals surface area contributed by atoms with E-state index in [0.29, 0.717) is 17.1 Å². The van der Waals surface area contributed by atoms with Crippen molar-refractivity contribution in [1.82, 2.24) is 10.2 Å². The third-order valence-electron chi connectivity index (χ3n) is 6.61. The summed E-state index contributed by atoms with van der Waals surface area (Å²) < 4.78 is 29.0. The first kappa shape index (κ1) is 32.2. The van der Waals surface area contributed by atoms with E-state index in [2.05, 4.69) is 19.2 Å². The van der Waals surface area contributed by atoms with Crippen molar-refractivity contribution in [3.63, 3.8) is 0 Å². The van der Waals surface area contributed by atoms with Gasteiger partial charge in [-0.05, 0) is 80.6 Å². The predicted octanol–water partition coefficient (Wildman–Crippen LogP) is 6.38. The topological polar surface area (TPSA) is 86.8 Å². The van der Waals surface area contributed by atoms with Crippen LogP contribution in [-0.4, -0.2) is 43.3 Å². The highest BCUT2D eigenvalue weighted by Gasteiger charge is 2.34. The summed E-state index contributed by atoms with van der Waals surface area (Å²) >= 11 is 6.08. The van der Waals surface area contributed by atoms with Crippen molar-refractivity contribution in [3.05, 3.63) is 95.0 Å².